The summed E-state index contributed by atoms with van der Waals surface area (Å²) >= 11 is 0. The Morgan fingerprint density at radius 3 is 2.76 bits per heavy atom. The molecule has 0 spiro atoms. The van der Waals surface area contributed by atoms with Gasteiger partial charge < -0.3 is 10.2 Å². The lowest BCUT2D eigenvalue weighted by Gasteiger charge is -2.25. The van der Waals surface area contributed by atoms with Crippen molar-refractivity contribution in [2.45, 2.75) is 51.5 Å². The van der Waals surface area contributed by atoms with Crippen LogP contribution < -0.4 is 10.9 Å². The molecule has 1 aliphatic carbocycles. The lowest BCUT2D eigenvalue weighted by molar-refractivity contribution is 0.234. The van der Waals surface area contributed by atoms with Crippen molar-refractivity contribution in [2.24, 2.45) is 4.99 Å². The molecule has 25 heavy (non-hydrogen) atoms. The molecule has 7 heteroatoms. The van der Waals surface area contributed by atoms with Crippen molar-refractivity contribution in [3.8, 4) is 0 Å². The Balaban J connectivity index is 1.49. The number of fused-ring (bicyclic) bond motifs is 2. The number of nitrogens with zero attached hydrogens (tertiary/aromatic N) is 6. The molecule has 0 unspecified atom stereocenters. The van der Waals surface area contributed by atoms with E-state index in [1.165, 1.54) is 62.3 Å². The first kappa shape index (κ1) is 15.4. The number of hydrogen-bond donors (Lipinski definition) is 1. The fraction of sp³-hybridized carbons (Fsp3) is 0.722. The second kappa shape index (κ2) is 6.44. The summed E-state index contributed by atoms with van der Waals surface area (Å²) in [5.74, 6) is 2.01. The fourth-order valence-corrected chi connectivity index (χ4v) is 4.45. The van der Waals surface area contributed by atoms with Gasteiger partial charge in [-0.15, -0.1) is 0 Å². The van der Waals surface area contributed by atoms with E-state index in [0.717, 1.165) is 50.4 Å². The molecule has 2 aromatic heterocycles. The van der Waals surface area contributed by atoms with Gasteiger partial charge in [0.2, 0.25) is 5.62 Å². The summed E-state index contributed by atoms with van der Waals surface area (Å²) in [6, 6.07) is 0. The zero-order chi connectivity index (χ0) is 16.6. The maximum Gasteiger partial charge on any atom is 0.254 e. The van der Waals surface area contributed by atoms with E-state index in [1.807, 2.05) is 0 Å². The summed E-state index contributed by atoms with van der Waals surface area (Å²) in [6.07, 6.45) is 8.75. The van der Waals surface area contributed by atoms with Gasteiger partial charge in [0, 0.05) is 18.7 Å². The van der Waals surface area contributed by atoms with Crippen molar-refractivity contribution in [3.63, 3.8) is 0 Å². The second-order valence-corrected chi connectivity index (χ2v) is 7.45. The SMILES string of the molecule is C1CCN(CCN=c2nc3nc4c(c5n3n2CCN5)CCCC4)CC1. The molecule has 5 rings (SSSR count). The number of aryl methyl sites for hydroxylation is 1. The number of nitrogens with one attached hydrogen (secondary N) is 1. The molecule has 3 aliphatic rings. The van der Waals surface area contributed by atoms with E-state index in [4.69, 9.17) is 15.0 Å². The van der Waals surface area contributed by atoms with Crippen LogP contribution in [0.1, 0.15) is 43.4 Å². The van der Waals surface area contributed by atoms with Gasteiger partial charge in [0.25, 0.3) is 5.78 Å². The fourth-order valence-electron chi connectivity index (χ4n) is 4.45. The summed E-state index contributed by atoms with van der Waals surface area (Å²) in [7, 11) is 0. The standard InChI is InChI=1S/C18H27N7/c1-4-10-23(11-5-1)12-8-20-17-22-18-21-15-7-3-2-6-14(15)16-19-9-13-24(17)25(16)18/h19H,1-13H2. The average Bonchev–Trinajstić information content (AvgIpc) is 3.02. The minimum absolute atomic E-state index is 0.805. The molecule has 7 nitrogen and oxygen atoms in total. The number of anilines is 1. The monoisotopic (exact) mass is 341 g/mol. The molecule has 2 aliphatic heterocycles. The van der Waals surface area contributed by atoms with Crippen LogP contribution in [0.5, 0.6) is 0 Å². The average molecular weight is 341 g/mol. The maximum atomic E-state index is 4.86. The molecule has 1 saturated heterocycles. The van der Waals surface area contributed by atoms with Crippen molar-refractivity contribution in [3.05, 3.63) is 16.9 Å². The molecular weight excluding hydrogens is 314 g/mol. The minimum Gasteiger partial charge on any atom is -0.368 e. The van der Waals surface area contributed by atoms with Crippen LogP contribution in [-0.2, 0) is 19.4 Å². The van der Waals surface area contributed by atoms with Crippen LogP contribution in [-0.4, -0.2) is 56.8 Å². The highest BCUT2D eigenvalue weighted by molar-refractivity contribution is 5.54. The quantitative estimate of drug-likeness (QED) is 0.912. The van der Waals surface area contributed by atoms with E-state index in [0.29, 0.717) is 0 Å². The van der Waals surface area contributed by atoms with Crippen LogP contribution in [0.3, 0.4) is 0 Å². The van der Waals surface area contributed by atoms with Gasteiger partial charge in [0.1, 0.15) is 5.82 Å². The molecule has 0 amide bonds. The first-order chi connectivity index (χ1) is 12.4. The van der Waals surface area contributed by atoms with Crippen molar-refractivity contribution < 1.29 is 0 Å². The lowest BCUT2D eigenvalue weighted by Crippen LogP contribution is -2.34. The zero-order valence-corrected chi connectivity index (χ0v) is 14.9. The first-order valence-corrected chi connectivity index (χ1v) is 9.88. The molecule has 0 atom stereocenters. The van der Waals surface area contributed by atoms with Crippen LogP contribution in [0, 0.1) is 0 Å². The number of aromatic nitrogens is 4. The Labute approximate surface area is 147 Å². The first-order valence-electron chi connectivity index (χ1n) is 9.88. The van der Waals surface area contributed by atoms with Crippen LogP contribution in [0.25, 0.3) is 5.78 Å². The third kappa shape index (κ3) is 2.74. The summed E-state index contributed by atoms with van der Waals surface area (Å²) in [5.41, 5.74) is 3.47. The maximum absolute atomic E-state index is 4.86. The smallest absolute Gasteiger partial charge is 0.254 e. The Bertz CT molecular complexity index is 841. The largest absolute Gasteiger partial charge is 0.368 e. The Morgan fingerprint density at radius 1 is 0.960 bits per heavy atom. The summed E-state index contributed by atoms with van der Waals surface area (Å²) in [4.78, 5) is 17.0. The van der Waals surface area contributed by atoms with Gasteiger partial charge in [-0.3, -0.25) is 0 Å². The van der Waals surface area contributed by atoms with E-state index in [2.05, 4.69) is 19.4 Å². The van der Waals surface area contributed by atoms with E-state index in [1.54, 1.807) is 0 Å². The van der Waals surface area contributed by atoms with E-state index >= 15 is 0 Å². The van der Waals surface area contributed by atoms with Crippen LogP contribution in [0.4, 0.5) is 5.82 Å². The third-order valence-electron chi connectivity index (χ3n) is 5.77. The van der Waals surface area contributed by atoms with Crippen molar-refractivity contribution in [2.75, 3.05) is 38.0 Å². The molecule has 0 radical (unpaired) electrons. The number of likely N-dealkylation sites (tertiary alicyclic amines) is 1. The van der Waals surface area contributed by atoms with E-state index in [-0.39, 0.29) is 0 Å². The number of rotatable bonds is 3. The van der Waals surface area contributed by atoms with Crippen molar-refractivity contribution >= 4 is 11.6 Å². The van der Waals surface area contributed by atoms with Gasteiger partial charge in [0.05, 0.1) is 18.8 Å². The van der Waals surface area contributed by atoms with Crippen LogP contribution in [0.2, 0.25) is 0 Å². The molecule has 1 N–H and O–H groups in total. The summed E-state index contributed by atoms with van der Waals surface area (Å²) in [5, 5.41) is 3.59. The topological polar surface area (TPSA) is 62.8 Å². The third-order valence-corrected chi connectivity index (χ3v) is 5.77. The van der Waals surface area contributed by atoms with Crippen molar-refractivity contribution in [1.29, 1.82) is 0 Å². The van der Waals surface area contributed by atoms with E-state index < -0.39 is 0 Å². The molecular formula is C18H27N7. The summed E-state index contributed by atoms with van der Waals surface area (Å²) in [6.45, 7) is 6.16. The highest BCUT2D eigenvalue weighted by Gasteiger charge is 2.23. The molecule has 2 aromatic rings. The van der Waals surface area contributed by atoms with Gasteiger partial charge in [-0.05, 0) is 51.6 Å². The number of piperidine rings is 1. The Morgan fingerprint density at radius 2 is 1.84 bits per heavy atom. The summed E-state index contributed by atoms with van der Waals surface area (Å²) < 4.78 is 4.37. The highest BCUT2D eigenvalue weighted by atomic mass is 15.5. The highest BCUT2D eigenvalue weighted by Crippen LogP contribution is 2.28. The molecule has 4 heterocycles. The molecule has 134 valence electrons. The predicted molar refractivity (Wildman–Crippen MR) is 96.8 cm³/mol. The van der Waals surface area contributed by atoms with Gasteiger partial charge in [-0.1, -0.05) is 6.42 Å². The Kier molecular flexibility index (Phi) is 3.96. The minimum atomic E-state index is 0.805. The lowest BCUT2D eigenvalue weighted by atomic mass is 9.96. The van der Waals surface area contributed by atoms with Crippen LogP contribution in [0.15, 0.2) is 4.99 Å². The van der Waals surface area contributed by atoms with Crippen molar-refractivity contribution in [1.82, 2.24) is 24.1 Å². The normalized spacial score (nSPS) is 21.4. The Hall–Kier alpha value is -1.89. The van der Waals surface area contributed by atoms with E-state index in [9.17, 15) is 0 Å². The van der Waals surface area contributed by atoms with Gasteiger partial charge >= 0.3 is 0 Å². The predicted octanol–water partition coefficient (Wildman–Crippen LogP) is 1.22. The molecule has 0 bridgehead atoms. The van der Waals surface area contributed by atoms with Gasteiger partial charge in [0.15, 0.2) is 0 Å². The van der Waals surface area contributed by atoms with Crippen LogP contribution >= 0.6 is 0 Å². The molecule has 0 aromatic carbocycles. The van der Waals surface area contributed by atoms with Gasteiger partial charge in [-0.2, -0.15) is 9.50 Å². The zero-order valence-electron chi connectivity index (χ0n) is 14.9. The number of hydrogen-bond acceptors (Lipinski definition) is 5. The molecule has 1 fully saturated rings. The second-order valence-electron chi connectivity index (χ2n) is 7.45. The van der Waals surface area contributed by atoms with Gasteiger partial charge in [-0.25, -0.2) is 14.7 Å². The molecule has 0 saturated carbocycles.